The van der Waals surface area contributed by atoms with Crippen LogP contribution in [0, 0.1) is 5.92 Å². The zero-order chi connectivity index (χ0) is 21.8. The number of carbonyl (C=O) groups is 1. The molecule has 0 aliphatic heterocycles. The van der Waals surface area contributed by atoms with Crippen LogP contribution in [0.1, 0.15) is 110 Å². The van der Waals surface area contributed by atoms with Crippen molar-refractivity contribution in [3.63, 3.8) is 0 Å². The van der Waals surface area contributed by atoms with Crippen molar-refractivity contribution in [2.45, 2.75) is 116 Å². The molecule has 0 amide bonds. The van der Waals surface area contributed by atoms with Gasteiger partial charge in [-0.2, -0.15) is 0 Å². The van der Waals surface area contributed by atoms with Crippen LogP contribution in [0.4, 0.5) is 0 Å². The second kappa shape index (κ2) is 19.3. The third kappa shape index (κ3) is 14.9. The normalized spacial score (nSPS) is 12.9. The van der Waals surface area contributed by atoms with E-state index in [1.807, 2.05) is 6.92 Å². The first-order valence-electron chi connectivity index (χ1n) is 11.9. The van der Waals surface area contributed by atoms with Gasteiger partial charge < -0.3 is 18.9 Å². The van der Waals surface area contributed by atoms with Gasteiger partial charge in [0, 0.05) is 27.8 Å². The molecule has 0 saturated carbocycles. The lowest BCUT2D eigenvalue weighted by Gasteiger charge is -2.28. The predicted octanol–water partition coefficient (Wildman–Crippen LogP) is 6.63. The molecule has 0 heterocycles. The number of unbranched alkanes of at least 4 members (excludes halogenated alkanes) is 11. The molecular weight excluding hydrogens is 368 g/mol. The summed E-state index contributed by atoms with van der Waals surface area (Å²) in [5.74, 6) is -0.878. The van der Waals surface area contributed by atoms with Crippen LogP contribution in [-0.4, -0.2) is 39.9 Å². The zero-order valence-electron chi connectivity index (χ0n) is 19.9. The van der Waals surface area contributed by atoms with Gasteiger partial charge in [-0.25, -0.2) is 0 Å². The molecule has 0 aromatic carbocycles. The van der Waals surface area contributed by atoms with Crippen LogP contribution in [0.15, 0.2) is 0 Å². The van der Waals surface area contributed by atoms with Gasteiger partial charge in [0.05, 0.1) is 12.5 Å². The van der Waals surface area contributed by atoms with Crippen molar-refractivity contribution >= 4 is 5.97 Å². The highest BCUT2D eigenvalue weighted by molar-refractivity contribution is 5.71. The van der Waals surface area contributed by atoms with Crippen molar-refractivity contribution < 1.29 is 23.7 Å². The quantitative estimate of drug-likeness (QED) is 0.119. The van der Waals surface area contributed by atoms with Crippen LogP contribution >= 0.6 is 0 Å². The number of carbonyl (C=O) groups excluding carboxylic acids is 1. The maximum atomic E-state index is 12.0. The molecule has 5 nitrogen and oxygen atoms in total. The predicted molar refractivity (Wildman–Crippen MR) is 119 cm³/mol. The van der Waals surface area contributed by atoms with E-state index in [-0.39, 0.29) is 11.9 Å². The number of esters is 1. The van der Waals surface area contributed by atoms with E-state index >= 15 is 0 Å². The summed E-state index contributed by atoms with van der Waals surface area (Å²) in [4.78, 5) is 12.0. The smallest absolute Gasteiger partial charge is 0.308 e. The molecule has 1 unspecified atom stereocenters. The van der Waals surface area contributed by atoms with E-state index < -0.39 is 5.97 Å². The highest BCUT2D eigenvalue weighted by atomic mass is 16.9. The molecule has 0 aromatic rings. The van der Waals surface area contributed by atoms with Crippen LogP contribution in [0.2, 0.25) is 0 Å². The third-order valence-corrected chi connectivity index (χ3v) is 5.70. The number of hydrogen-bond acceptors (Lipinski definition) is 5. The lowest BCUT2D eigenvalue weighted by atomic mass is 10.0. The summed E-state index contributed by atoms with van der Waals surface area (Å²) in [6, 6.07) is 0. The Bertz CT molecular complexity index is 360. The van der Waals surface area contributed by atoms with Crippen LogP contribution in [-0.2, 0) is 23.7 Å². The van der Waals surface area contributed by atoms with Crippen molar-refractivity contribution in [1.29, 1.82) is 0 Å². The molecule has 5 heteroatoms. The van der Waals surface area contributed by atoms with Crippen LogP contribution < -0.4 is 0 Å². The maximum absolute atomic E-state index is 12.0. The van der Waals surface area contributed by atoms with E-state index in [9.17, 15) is 4.79 Å². The van der Waals surface area contributed by atoms with E-state index in [2.05, 4.69) is 6.92 Å². The van der Waals surface area contributed by atoms with E-state index in [1.54, 1.807) is 21.3 Å². The number of hydrogen-bond donors (Lipinski definition) is 0. The Morgan fingerprint density at radius 3 is 1.76 bits per heavy atom. The average Bonchev–Trinajstić information content (AvgIpc) is 2.74. The fraction of sp³-hybridized carbons (Fsp3) is 0.958. The Kier molecular flexibility index (Phi) is 18.9. The van der Waals surface area contributed by atoms with Crippen molar-refractivity contribution in [3.05, 3.63) is 0 Å². The SMILES string of the molecule is CCCCCCCCOC(=O)C(C)CCCCCCCCCC(OC)(OC)OC. The standard InChI is InChI=1S/C24H48O5/c1-6-7-8-9-15-18-21-29-23(25)22(2)19-16-13-11-10-12-14-17-20-24(26-3,27-4)28-5/h22H,6-21H2,1-5H3. The van der Waals surface area contributed by atoms with Crippen LogP contribution in [0.5, 0.6) is 0 Å². The van der Waals surface area contributed by atoms with Gasteiger partial charge in [-0.05, 0) is 19.3 Å². The fourth-order valence-corrected chi connectivity index (χ4v) is 3.55. The molecule has 0 fully saturated rings. The minimum atomic E-state index is -0.889. The molecule has 174 valence electrons. The fourth-order valence-electron chi connectivity index (χ4n) is 3.55. The van der Waals surface area contributed by atoms with E-state index in [1.165, 1.54) is 57.8 Å². The number of ether oxygens (including phenoxy) is 4. The second-order valence-electron chi connectivity index (χ2n) is 8.15. The van der Waals surface area contributed by atoms with Gasteiger partial charge in [0.1, 0.15) is 0 Å². The molecule has 0 aliphatic carbocycles. The summed E-state index contributed by atoms with van der Waals surface area (Å²) < 4.78 is 21.3. The van der Waals surface area contributed by atoms with Gasteiger partial charge in [-0.3, -0.25) is 4.79 Å². The van der Waals surface area contributed by atoms with Gasteiger partial charge in [0.15, 0.2) is 0 Å². The Morgan fingerprint density at radius 2 is 1.21 bits per heavy atom. The van der Waals surface area contributed by atoms with Crippen molar-refractivity contribution in [1.82, 2.24) is 0 Å². The number of methoxy groups -OCH3 is 3. The zero-order valence-corrected chi connectivity index (χ0v) is 19.9. The van der Waals surface area contributed by atoms with Crippen molar-refractivity contribution in [3.8, 4) is 0 Å². The van der Waals surface area contributed by atoms with Crippen LogP contribution in [0.25, 0.3) is 0 Å². The van der Waals surface area contributed by atoms with Crippen molar-refractivity contribution in [2.24, 2.45) is 5.92 Å². The Morgan fingerprint density at radius 1 is 0.724 bits per heavy atom. The highest BCUT2D eigenvalue weighted by Gasteiger charge is 2.28. The minimum absolute atomic E-state index is 0.0172. The lowest BCUT2D eigenvalue weighted by Crippen LogP contribution is -2.35. The summed E-state index contributed by atoms with van der Waals surface area (Å²) in [5, 5.41) is 0. The second-order valence-corrected chi connectivity index (χ2v) is 8.15. The summed E-state index contributed by atoms with van der Waals surface area (Å²) in [5.41, 5.74) is 0. The molecule has 0 spiro atoms. The minimum Gasteiger partial charge on any atom is -0.465 e. The van der Waals surface area contributed by atoms with E-state index in [0.717, 1.165) is 38.5 Å². The molecule has 0 saturated heterocycles. The Labute approximate surface area is 180 Å². The summed E-state index contributed by atoms with van der Waals surface area (Å²) in [7, 11) is 4.83. The first kappa shape index (κ1) is 28.4. The molecule has 0 N–H and O–H groups in total. The van der Waals surface area contributed by atoms with E-state index in [4.69, 9.17) is 18.9 Å². The highest BCUT2D eigenvalue weighted by Crippen LogP contribution is 2.21. The lowest BCUT2D eigenvalue weighted by molar-refractivity contribution is -0.355. The molecule has 0 aromatic heterocycles. The average molecular weight is 417 g/mol. The van der Waals surface area contributed by atoms with Gasteiger partial charge >= 0.3 is 5.97 Å². The number of rotatable bonds is 21. The molecule has 29 heavy (non-hydrogen) atoms. The molecular formula is C24H48O5. The first-order valence-corrected chi connectivity index (χ1v) is 11.9. The molecule has 0 aliphatic rings. The van der Waals surface area contributed by atoms with E-state index in [0.29, 0.717) is 6.61 Å². The van der Waals surface area contributed by atoms with Gasteiger partial charge in [-0.1, -0.05) is 84.5 Å². The first-order chi connectivity index (χ1) is 14.0. The third-order valence-electron chi connectivity index (χ3n) is 5.70. The van der Waals surface area contributed by atoms with Crippen LogP contribution in [0.3, 0.4) is 0 Å². The molecule has 0 bridgehead atoms. The monoisotopic (exact) mass is 416 g/mol. The van der Waals surface area contributed by atoms with Gasteiger partial charge in [0.2, 0.25) is 0 Å². The summed E-state index contributed by atoms with van der Waals surface area (Å²) in [6.45, 7) is 4.81. The van der Waals surface area contributed by atoms with Gasteiger partial charge in [-0.15, -0.1) is 0 Å². The van der Waals surface area contributed by atoms with Gasteiger partial charge in [0.25, 0.3) is 5.97 Å². The Hall–Kier alpha value is -0.650. The molecule has 0 rings (SSSR count). The van der Waals surface area contributed by atoms with Crippen molar-refractivity contribution in [2.75, 3.05) is 27.9 Å². The summed E-state index contributed by atoms with van der Waals surface area (Å²) >= 11 is 0. The largest absolute Gasteiger partial charge is 0.465 e. The topological polar surface area (TPSA) is 54.0 Å². The Balaban J connectivity index is 3.52. The molecule has 1 atom stereocenters. The molecule has 0 radical (unpaired) electrons. The summed E-state index contributed by atoms with van der Waals surface area (Å²) in [6.07, 6.45) is 17.1. The maximum Gasteiger partial charge on any atom is 0.308 e.